The van der Waals surface area contributed by atoms with Crippen LogP contribution in [0.4, 0.5) is 0 Å². The van der Waals surface area contributed by atoms with E-state index in [1.807, 2.05) is 0 Å². The summed E-state index contributed by atoms with van der Waals surface area (Å²) in [4.78, 5) is 10.8. The fourth-order valence-corrected chi connectivity index (χ4v) is 3.05. The lowest BCUT2D eigenvalue weighted by molar-refractivity contribution is -0.111. The number of rotatable bonds is 15. The third-order valence-electron chi connectivity index (χ3n) is 4.07. The summed E-state index contributed by atoms with van der Waals surface area (Å²) in [6.07, 6.45) is 18.6. The van der Waals surface area contributed by atoms with Gasteiger partial charge >= 0.3 is 0 Å². The molecule has 1 atom stereocenters. The van der Waals surface area contributed by atoms with Crippen LogP contribution < -0.4 is 0 Å². The molecule has 0 aliphatic heterocycles. The van der Waals surface area contributed by atoms with Gasteiger partial charge in [0.1, 0.15) is 0 Å². The Labute approximate surface area is 132 Å². The van der Waals surface area contributed by atoms with Crippen molar-refractivity contribution in [3.8, 4) is 0 Å². The Hall–Kier alpha value is 0.0200. The van der Waals surface area contributed by atoms with Crippen LogP contribution in [0.5, 0.6) is 0 Å². The van der Waals surface area contributed by atoms with E-state index in [1.165, 1.54) is 83.5 Å². The van der Waals surface area contributed by atoms with Crippen molar-refractivity contribution in [2.24, 2.45) is 5.92 Å². The molecule has 0 amide bonds. The standard InChI is InChI=1S/C18H36OS/c1-3-4-5-6-7-8-9-10-11-12-13-14-15-17(2)16-18(19)20/h17H,3-16H2,1-2H3,(H,19,20). The Morgan fingerprint density at radius 3 is 1.60 bits per heavy atom. The van der Waals surface area contributed by atoms with E-state index in [1.54, 1.807) is 0 Å². The van der Waals surface area contributed by atoms with Gasteiger partial charge in [-0.15, -0.1) is 12.6 Å². The summed E-state index contributed by atoms with van der Waals surface area (Å²) in [5.41, 5.74) is 0. The molecule has 0 aliphatic rings. The van der Waals surface area contributed by atoms with Crippen LogP contribution in [0.2, 0.25) is 0 Å². The van der Waals surface area contributed by atoms with Crippen LogP contribution in [0.15, 0.2) is 0 Å². The Kier molecular flexibility index (Phi) is 15.4. The molecule has 0 aromatic carbocycles. The van der Waals surface area contributed by atoms with Crippen LogP contribution in [0.3, 0.4) is 0 Å². The average Bonchev–Trinajstić information content (AvgIpc) is 2.39. The highest BCUT2D eigenvalue weighted by Gasteiger charge is 2.05. The van der Waals surface area contributed by atoms with Crippen molar-refractivity contribution < 1.29 is 4.79 Å². The maximum absolute atomic E-state index is 10.8. The topological polar surface area (TPSA) is 17.1 Å². The van der Waals surface area contributed by atoms with Crippen LogP contribution in [0.25, 0.3) is 0 Å². The van der Waals surface area contributed by atoms with Gasteiger partial charge in [0.05, 0.1) is 0 Å². The number of hydrogen-bond acceptors (Lipinski definition) is 1. The average molecular weight is 301 g/mol. The molecule has 1 nitrogen and oxygen atoms in total. The van der Waals surface area contributed by atoms with Crippen molar-refractivity contribution in [2.45, 2.75) is 104 Å². The molecule has 0 aromatic rings. The van der Waals surface area contributed by atoms with Gasteiger partial charge < -0.3 is 0 Å². The van der Waals surface area contributed by atoms with Crippen molar-refractivity contribution in [3.05, 3.63) is 0 Å². The van der Waals surface area contributed by atoms with Crippen molar-refractivity contribution in [2.75, 3.05) is 0 Å². The first kappa shape index (κ1) is 20.0. The molecular weight excluding hydrogens is 264 g/mol. The lowest BCUT2D eigenvalue weighted by atomic mass is 9.99. The maximum Gasteiger partial charge on any atom is 0.186 e. The first-order chi connectivity index (χ1) is 9.66. The summed E-state index contributed by atoms with van der Waals surface area (Å²) < 4.78 is 0. The number of hydrogen-bond donors (Lipinski definition) is 1. The SMILES string of the molecule is CCCCCCCCCCCCCCC(C)CC(=O)S. The van der Waals surface area contributed by atoms with Gasteiger partial charge in [0, 0.05) is 6.42 Å². The molecule has 0 fully saturated rings. The molecule has 0 radical (unpaired) electrons. The first-order valence-corrected chi connectivity index (χ1v) is 9.33. The lowest BCUT2D eigenvalue weighted by Gasteiger charge is -2.08. The van der Waals surface area contributed by atoms with E-state index in [0.29, 0.717) is 12.3 Å². The third kappa shape index (κ3) is 16.1. The van der Waals surface area contributed by atoms with Crippen molar-refractivity contribution >= 4 is 17.7 Å². The minimum atomic E-state index is 0.0384. The monoisotopic (exact) mass is 300 g/mol. The third-order valence-corrected chi connectivity index (χ3v) is 4.26. The molecular formula is C18H36OS. The Morgan fingerprint density at radius 1 is 0.800 bits per heavy atom. The molecule has 0 N–H and O–H groups in total. The number of carbonyl (C=O) groups is 1. The highest BCUT2D eigenvalue weighted by atomic mass is 32.1. The van der Waals surface area contributed by atoms with Crippen LogP contribution in [-0.2, 0) is 4.79 Å². The summed E-state index contributed by atoms with van der Waals surface area (Å²) in [5, 5.41) is 0.0384. The number of thiol groups is 1. The second-order valence-electron chi connectivity index (χ2n) is 6.38. The molecule has 0 saturated carbocycles. The van der Waals surface area contributed by atoms with E-state index in [0.717, 1.165) is 0 Å². The zero-order valence-corrected chi connectivity index (χ0v) is 14.7. The summed E-state index contributed by atoms with van der Waals surface area (Å²) in [6.45, 7) is 4.43. The number of unbranched alkanes of at least 4 members (excludes halogenated alkanes) is 11. The normalized spacial score (nSPS) is 12.6. The Morgan fingerprint density at radius 2 is 1.20 bits per heavy atom. The highest BCUT2D eigenvalue weighted by Crippen LogP contribution is 2.16. The van der Waals surface area contributed by atoms with Gasteiger partial charge in [-0.05, 0) is 5.92 Å². The minimum Gasteiger partial charge on any atom is -0.287 e. The van der Waals surface area contributed by atoms with E-state index in [-0.39, 0.29) is 5.12 Å². The molecule has 0 aromatic heterocycles. The predicted molar refractivity (Wildman–Crippen MR) is 93.5 cm³/mol. The molecule has 0 aliphatic carbocycles. The van der Waals surface area contributed by atoms with E-state index in [2.05, 4.69) is 26.5 Å². The number of carbonyl (C=O) groups excluding carboxylic acids is 1. The van der Waals surface area contributed by atoms with Gasteiger partial charge in [-0.25, -0.2) is 0 Å². The zero-order chi connectivity index (χ0) is 15.1. The molecule has 0 saturated heterocycles. The van der Waals surface area contributed by atoms with Crippen molar-refractivity contribution in [3.63, 3.8) is 0 Å². The van der Waals surface area contributed by atoms with E-state index in [4.69, 9.17) is 0 Å². The summed E-state index contributed by atoms with van der Waals surface area (Å²) in [7, 11) is 0. The van der Waals surface area contributed by atoms with Gasteiger partial charge in [-0.3, -0.25) is 4.79 Å². The molecule has 0 rings (SSSR count). The Balaban J connectivity index is 3.08. The van der Waals surface area contributed by atoms with Gasteiger partial charge in [0.2, 0.25) is 0 Å². The predicted octanol–water partition coefficient (Wildman–Crippen LogP) is 6.56. The van der Waals surface area contributed by atoms with Gasteiger partial charge in [-0.1, -0.05) is 97.3 Å². The van der Waals surface area contributed by atoms with E-state index in [9.17, 15) is 4.79 Å². The van der Waals surface area contributed by atoms with Crippen LogP contribution in [-0.4, -0.2) is 5.12 Å². The smallest absolute Gasteiger partial charge is 0.186 e. The quantitative estimate of drug-likeness (QED) is 0.268. The molecule has 1 unspecified atom stereocenters. The fraction of sp³-hybridized carbons (Fsp3) is 0.944. The zero-order valence-electron chi connectivity index (χ0n) is 13.8. The molecule has 2 heteroatoms. The molecule has 0 spiro atoms. The van der Waals surface area contributed by atoms with Gasteiger partial charge in [-0.2, -0.15) is 0 Å². The fourth-order valence-electron chi connectivity index (χ4n) is 2.73. The molecule has 0 bridgehead atoms. The van der Waals surface area contributed by atoms with Crippen molar-refractivity contribution in [1.29, 1.82) is 0 Å². The molecule has 120 valence electrons. The summed E-state index contributed by atoms with van der Waals surface area (Å²) in [5.74, 6) is 0.517. The molecule has 20 heavy (non-hydrogen) atoms. The van der Waals surface area contributed by atoms with E-state index >= 15 is 0 Å². The lowest BCUT2D eigenvalue weighted by Crippen LogP contribution is -1.99. The second kappa shape index (κ2) is 15.4. The largest absolute Gasteiger partial charge is 0.287 e. The van der Waals surface area contributed by atoms with Gasteiger partial charge in [0.15, 0.2) is 5.12 Å². The van der Waals surface area contributed by atoms with Gasteiger partial charge in [0.25, 0.3) is 0 Å². The minimum absolute atomic E-state index is 0.0384. The summed E-state index contributed by atoms with van der Waals surface area (Å²) >= 11 is 3.84. The second-order valence-corrected chi connectivity index (χ2v) is 6.88. The maximum atomic E-state index is 10.8. The molecule has 0 heterocycles. The van der Waals surface area contributed by atoms with E-state index < -0.39 is 0 Å². The first-order valence-electron chi connectivity index (χ1n) is 8.88. The highest BCUT2D eigenvalue weighted by molar-refractivity contribution is 7.96. The summed E-state index contributed by atoms with van der Waals surface area (Å²) in [6, 6.07) is 0. The van der Waals surface area contributed by atoms with Crippen LogP contribution >= 0.6 is 12.6 Å². The van der Waals surface area contributed by atoms with Crippen molar-refractivity contribution in [1.82, 2.24) is 0 Å². The van der Waals surface area contributed by atoms with Crippen LogP contribution in [0.1, 0.15) is 104 Å². The van der Waals surface area contributed by atoms with Crippen LogP contribution in [0, 0.1) is 5.92 Å². The Bertz CT molecular complexity index is 215.